The number of nitrogens with one attached hydrogen (secondary N) is 1. The molecule has 0 saturated heterocycles. The number of carbonyl (C=O) groups is 1. The first-order chi connectivity index (χ1) is 13.0. The molecule has 138 valence electrons. The minimum absolute atomic E-state index is 0.116. The summed E-state index contributed by atoms with van der Waals surface area (Å²) in [5, 5.41) is 7.24. The lowest BCUT2D eigenvalue weighted by Gasteiger charge is -2.23. The van der Waals surface area contributed by atoms with Gasteiger partial charge in [0.1, 0.15) is 0 Å². The van der Waals surface area contributed by atoms with Crippen LogP contribution in [0.2, 0.25) is 0 Å². The Bertz CT molecular complexity index is 1050. The monoisotopic (exact) mass is 378 g/mol. The van der Waals surface area contributed by atoms with Gasteiger partial charge in [-0.2, -0.15) is 5.10 Å². The van der Waals surface area contributed by atoms with Crippen LogP contribution in [-0.4, -0.2) is 26.7 Å². The van der Waals surface area contributed by atoms with E-state index in [0.717, 1.165) is 29.1 Å². The average molecular weight is 379 g/mol. The Hall–Kier alpha value is -2.73. The summed E-state index contributed by atoms with van der Waals surface area (Å²) in [6.07, 6.45) is 1.28. The third-order valence-corrected chi connectivity index (χ3v) is 5.37. The Morgan fingerprint density at radius 3 is 2.89 bits per heavy atom. The third-order valence-electron chi connectivity index (χ3n) is 5.06. The zero-order valence-corrected chi connectivity index (χ0v) is 16.3. The molecule has 1 aliphatic rings. The number of fused-ring (bicyclic) bond motifs is 1. The van der Waals surface area contributed by atoms with Gasteiger partial charge >= 0.3 is 0 Å². The van der Waals surface area contributed by atoms with Gasteiger partial charge in [-0.3, -0.25) is 14.5 Å². The molecule has 0 bridgehead atoms. The van der Waals surface area contributed by atoms with E-state index in [1.807, 2.05) is 52.8 Å². The van der Waals surface area contributed by atoms with Crippen LogP contribution in [0, 0.1) is 11.7 Å². The predicted molar refractivity (Wildman–Crippen MR) is 109 cm³/mol. The molecule has 27 heavy (non-hydrogen) atoms. The van der Waals surface area contributed by atoms with Crippen molar-refractivity contribution in [1.82, 2.24) is 14.8 Å². The number of benzene rings is 2. The molecule has 4 rings (SSSR count). The fourth-order valence-corrected chi connectivity index (χ4v) is 4.03. The average Bonchev–Trinajstić information content (AvgIpc) is 3.18. The van der Waals surface area contributed by atoms with Crippen LogP contribution < -0.4 is 4.90 Å². The first-order valence-corrected chi connectivity index (χ1v) is 9.57. The zero-order chi connectivity index (χ0) is 19.0. The van der Waals surface area contributed by atoms with E-state index in [4.69, 9.17) is 12.2 Å². The standard InChI is InChI=1S/C21H22N4OS/c1-14-6-5-8-17(12-14)20-22-23-21(27)24(20)11-10-19(26)25-15(2)13-16-7-3-4-9-18(16)25/h3-9,12,15H,10-11,13H2,1-2H3,(H,23,27). The molecule has 3 aromatic rings. The Balaban J connectivity index is 1.56. The molecule has 2 aromatic carbocycles. The van der Waals surface area contributed by atoms with Gasteiger partial charge in [-0.05, 0) is 50.2 Å². The molecule has 0 spiro atoms. The van der Waals surface area contributed by atoms with Crippen LogP contribution in [0.1, 0.15) is 24.5 Å². The number of nitrogens with zero attached hydrogens (tertiary/aromatic N) is 3. The molecule has 6 heteroatoms. The SMILES string of the molecule is Cc1cccc(-c2n[nH]c(=S)n2CCC(=O)N2c3ccccc3CC2C)c1. The second-order valence-corrected chi connectivity index (χ2v) is 7.46. The van der Waals surface area contributed by atoms with Gasteiger partial charge in [0.25, 0.3) is 0 Å². The molecule has 0 radical (unpaired) electrons. The summed E-state index contributed by atoms with van der Waals surface area (Å²) < 4.78 is 2.45. The maximum absolute atomic E-state index is 13.0. The normalized spacial score (nSPS) is 15.8. The Morgan fingerprint density at radius 1 is 1.26 bits per heavy atom. The Labute approximate surface area is 163 Å². The molecule has 1 unspecified atom stereocenters. The predicted octanol–water partition coefficient (Wildman–Crippen LogP) is 4.28. The summed E-state index contributed by atoms with van der Waals surface area (Å²) in [6, 6.07) is 16.4. The van der Waals surface area contributed by atoms with Gasteiger partial charge in [-0.15, -0.1) is 0 Å². The van der Waals surface area contributed by atoms with Crippen molar-refractivity contribution in [2.24, 2.45) is 0 Å². The molecule has 5 nitrogen and oxygen atoms in total. The molecule has 0 fully saturated rings. The minimum Gasteiger partial charge on any atom is -0.309 e. The summed E-state index contributed by atoms with van der Waals surface area (Å²) in [5.74, 6) is 0.886. The molecule has 0 aliphatic carbocycles. The maximum atomic E-state index is 13.0. The Morgan fingerprint density at radius 2 is 2.07 bits per heavy atom. The fraction of sp³-hybridized carbons (Fsp3) is 0.286. The van der Waals surface area contributed by atoms with Gasteiger partial charge in [-0.25, -0.2) is 0 Å². The molecule has 1 N–H and O–H groups in total. The lowest BCUT2D eigenvalue weighted by molar-refractivity contribution is -0.119. The molecule has 1 aromatic heterocycles. The number of para-hydroxylation sites is 1. The van der Waals surface area contributed by atoms with Crippen molar-refractivity contribution in [3.63, 3.8) is 0 Å². The lowest BCUT2D eigenvalue weighted by Crippen LogP contribution is -2.36. The highest BCUT2D eigenvalue weighted by Gasteiger charge is 2.30. The molecule has 1 atom stereocenters. The first-order valence-electron chi connectivity index (χ1n) is 9.17. The van der Waals surface area contributed by atoms with E-state index in [1.54, 1.807) is 0 Å². The van der Waals surface area contributed by atoms with Crippen molar-refractivity contribution >= 4 is 23.8 Å². The molecular formula is C21H22N4OS. The molecule has 1 amide bonds. The summed E-state index contributed by atoms with van der Waals surface area (Å²) in [6.45, 7) is 4.65. The topological polar surface area (TPSA) is 53.9 Å². The van der Waals surface area contributed by atoms with Crippen LogP contribution in [-0.2, 0) is 17.8 Å². The molecule has 0 saturated carbocycles. The number of aromatic nitrogens is 3. The highest BCUT2D eigenvalue weighted by Crippen LogP contribution is 2.32. The van der Waals surface area contributed by atoms with Gasteiger partial charge in [0.05, 0.1) is 0 Å². The van der Waals surface area contributed by atoms with E-state index in [1.165, 1.54) is 5.56 Å². The summed E-state index contributed by atoms with van der Waals surface area (Å²) >= 11 is 5.40. The van der Waals surface area contributed by atoms with E-state index in [2.05, 4.69) is 29.3 Å². The zero-order valence-electron chi connectivity index (χ0n) is 15.5. The second-order valence-electron chi connectivity index (χ2n) is 7.07. The number of hydrogen-bond donors (Lipinski definition) is 1. The van der Waals surface area contributed by atoms with Crippen molar-refractivity contribution in [2.75, 3.05) is 4.90 Å². The highest BCUT2D eigenvalue weighted by molar-refractivity contribution is 7.71. The fourth-order valence-electron chi connectivity index (χ4n) is 3.80. The summed E-state index contributed by atoms with van der Waals surface area (Å²) in [5.41, 5.74) is 4.42. The van der Waals surface area contributed by atoms with E-state index in [9.17, 15) is 4.79 Å². The number of anilines is 1. The lowest BCUT2D eigenvalue weighted by atomic mass is 10.1. The van der Waals surface area contributed by atoms with E-state index in [-0.39, 0.29) is 11.9 Å². The van der Waals surface area contributed by atoms with Crippen LogP contribution in [0.3, 0.4) is 0 Å². The number of rotatable bonds is 4. The first kappa shape index (κ1) is 17.7. The number of carbonyl (C=O) groups excluding carboxylic acids is 1. The molecular weight excluding hydrogens is 356 g/mol. The number of hydrogen-bond acceptors (Lipinski definition) is 3. The van der Waals surface area contributed by atoms with Gasteiger partial charge < -0.3 is 4.90 Å². The largest absolute Gasteiger partial charge is 0.309 e. The van der Waals surface area contributed by atoms with Crippen LogP contribution in [0.4, 0.5) is 5.69 Å². The number of aryl methyl sites for hydroxylation is 1. The Kier molecular flexibility index (Phi) is 4.66. The molecule has 2 heterocycles. The van der Waals surface area contributed by atoms with Crippen molar-refractivity contribution in [2.45, 2.75) is 39.3 Å². The van der Waals surface area contributed by atoms with Crippen LogP contribution in [0.15, 0.2) is 48.5 Å². The minimum atomic E-state index is 0.116. The third kappa shape index (κ3) is 3.32. The van der Waals surface area contributed by atoms with Crippen molar-refractivity contribution < 1.29 is 4.79 Å². The smallest absolute Gasteiger partial charge is 0.229 e. The van der Waals surface area contributed by atoms with Gasteiger partial charge in [0.15, 0.2) is 10.6 Å². The van der Waals surface area contributed by atoms with E-state index < -0.39 is 0 Å². The maximum Gasteiger partial charge on any atom is 0.229 e. The highest BCUT2D eigenvalue weighted by atomic mass is 32.1. The van der Waals surface area contributed by atoms with E-state index >= 15 is 0 Å². The quantitative estimate of drug-likeness (QED) is 0.689. The van der Waals surface area contributed by atoms with Crippen molar-refractivity contribution in [1.29, 1.82) is 0 Å². The molecule has 1 aliphatic heterocycles. The van der Waals surface area contributed by atoms with Gasteiger partial charge in [0, 0.05) is 30.3 Å². The summed E-state index contributed by atoms with van der Waals surface area (Å²) in [4.78, 5) is 14.9. The van der Waals surface area contributed by atoms with Crippen molar-refractivity contribution in [3.8, 4) is 11.4 Å². The second kappa shape index (κ2) is 7.12. The number of aromatic amines is 1. The van der Waals surface area contributed by atoms with Gasteiger partial charge in [0.2, 0.25) is 5.91 Å². The number of amides is 1. The van der Waals surface area contributed by atoms with E-state index in [0.29, 0.717) is 17.7 Å². The summed E-state index contributed by atoms with van der Waals surface area (Å²) in [7, 11) is 0. The van der Waals surface area contributed by atoms with Crippen molar-refractivity contribution in [3.05, 3.63) is 64.4 Å². The van der Waals surface area contributed by atoms with Crippen LogP contribution in [0.5, 0.6) is 0 Å². The number of H-pyrrole nitrogens is 1. The van der Waals surface area contributed by atoms with Gasteiger partial charge in [-0.1, -0.05) is 42.0 Å². The van der Waals surface area contributed by atoms with Crippen LogP contribution >= 0.6 is 12.2 Å². The van der Waals surface area contributed by atoms with Crippen LogP contribution in [0.25, 0.3) is 11.4 Å².